The lowest BCUT2D eigenvalue weighted by Crippen LogP contribution is -2.28. The van der Waals surface area contributed by atoms with Crippen molar-refractivity contribution in [2.24, 2.45) is 5.92 Å². The minimum atomic E-state index is -0.621. The van der Waals surface area contributed by atoms with E-state index in [-0.39, 0.29) is 18.9 Å². The highest BCUT2D eigenvalue weighted by molar-refractivity contribution is 6.31. The zero-order valence-corrected chi connectivity index (χ0v) is 16.6. The summed E-state index contributed by atoms with van der Waals surface area (Å²) in [6.07, 6.45) is 0.0382. The van der Waals surface area contributed by atoms with Crippen LogP contribution in [-0.2, 0) is 19.1 Å². The summed E-state index contributed by atoms with van der Waals surface area (Å²) < 4.78 is 5.10. The molecule has 1 atom stereocenters. The molecular formula is C20H18Cl2N2O4. The number of rotatable bonds is 5. The molecule has 0 saturated carbocycles. The Morgan fingerprint density at radius 3 is 2.54 bits per heavy atom. The van der Waals surface area contributed by atoms with E-state index in [0.29, 0.717) is 21.4 Å². The third-order valence-electron chi connectivity index (χ3n) is 4.42. The van der Waals surface area contributed by atoms with Crippen molar-refractivity contribution >= 4 is 52.4 Å². The van der Waals surface area contributed by atoms with Crippen molar-refractivity contribution in [3.8, 4) is 0 Å². The van der Waals surface area contributed by atoms with E-state index >= 15 is 0 Å². The number of anilines is 2. The van der Waals surface area contributed by atoms with E-state index in [4.69, 9.17) is 27.9 Å². The van der Waals surface area contributed by atoms with Crippen LogP contribution in [0.4, 0.5) is 11.4 Å². The van der Waals surface area contributed by atoms with Crippen LogP contribution in [0.15, 0.2) is 42.5 Å². The van der Waals surface area contributed by atoms with E-state index in [1.54, 1.807) is 42.5 Å². The largest absolute Gasteiger partial charge is 0.455 e. The molecule has 28 heavy (non-hydrogen) atoms. The van der Waals surface area contributed by atoms with E-state index in [1.807, 2.05) is 6.92 Å². The first-order chi connectivity index (χ1) is 13.3. The van der Waals surface area contributed by atoms with Crippen molar-refractivity contribution in [3.63, 3.8) is 0 Å². The highest BCUT2D eigenvalue weighted by Gasteiger charge is 2.36. The van der Waals surface area contributed by atoms with Crippen LogP contribution >= 0.6 is 23.2 Å². The predicted molar refractivity (Wildman–Crippen MR) is 108 cm³/mol. The summed E-state index contributed by atoms with van der Waals surface area (Å²) in [5, 5.41) is 3.71. The minimum absolute atomic E-state index is 0.0382. The van der Waals surface area contributed by atoms with Crippen molar-refractivity contribution < 1.29 is 19.1 Å². The van der Waals surface area contributed by atoms with Crippen LogP contribution in [-0.4, -0.2) is 30.9 Å². The van der Waals surface area contributed by atoms with Crippen molar-refractivity contribution in [2.75, 3.05) is 23.4 Å². The molecule has 2 amide bonds. The number of aryl methyl sites for hydroxylation is 1. The second kappa shape index (κ2) is 8.63. The Bertz CT molecular complexity index is 915. The molecule has 1 saturated heterocycles. The second-order valence-corrected chi connectivity index (χ2v) is 7.37. The zero-order valence-electron chi connectivity index (χ0n) is 15.1. The Morgan fingerprint density at radius 2 is 1.82 bits per heavy atom. The Labute approximate surface area is 172 Å². The molecule has 8 heteroatoms. The van der Waals surface area contributed by atoms with Gasteiger partial charge in [0.2, 0.25) is 5.91 Å². The van der Waals surface area contributed by atoms with Crippen molar-refractivity contribution in [1.29, 1.82) is 0 Å². The lowest BCUT2D eigenvalue weighted by Gasteiger charge is -2.16. The molecule has 3 rings (SSSR count). The molecular weight excluding hydrogens is 403 g/mol. The van der Waals surface area contributed by atoms with Gasteiger partial charge in [0.05, 0.1) is 5.92 Å². The number of hydrogen-bond acceptors (Lipinski definition) is 4. The van der Waals surface area contributed by atoms with Crippen LogP contribution in [0.1, 0.15) is 12.0 Å². The van der Waals surface area contributed by atoms with E-state index < -0.39 is 24.4 Å². The first kappa shape index (κ1) is 20.2. The summed E-state index contributed by atoms with van der Waals surface area (Å²) in [5.41, 5.74) is 2.06. The summed E-state index contributed by atoms with van der Waals surface area (Å²) in [5.74, 6) is -1.85. The van der Waals surface area contributed by atoms with Gasteiger partial charge in [-0.15, -0.1) is 0 Å². The average molecular weight is 421 g/mol. The number of nitrogens with one attached hydrogen (secondary N) is 1. The molecule has 1 fully saturated rings. The van der Waals surface area contributed by atoms with Gasteiger partial charge in [0, 0.05) is 34.4 Å². The quantitative estimate of drug-likeness (QED) is 0.745. The maximum atomic E-state index is 12.3. The van der Waals surface area contributed by atoms with Crippen LogP contribution in [0.5, 0.6) is 0 Å². The fourth-order valence-corrected chi connectivity index (χ4v) is 3.20. The maximum Gasteiger partial charge on any atom is 0.311 e. The Hall–Kier alpha value is -2.57. The first-order valence-electron chi connectivity index (χ1n) is 8.62. The van der Waals surface area contributed by atoms with Gasteiger partial charge < -0.3 is 15.0 Å². The molecule has 0 bridgehead atoms. The summed E-state index contributed by atoms with van der Waals surface area (Å²) in [6.45, 7) is 1.60. The molecule has 0 unspecified atom stereocenters. The van der Waals surface area contributed by atoms with E-state index in [9.17, 15) is 14.4 Å². The number of carbonyl (C=O) groups excluding carboxylic acids is 3. The number of hydrogen-bond donors (Lipinski definition) is 1. The standard InChI is InChI=1S/C20H18Cl2N2O4/c1-12-2-3-15(22)9-17(12)23-18(25)11-28-20(27)13-8-19(26)24(10-13)16-6-4-14(21)5-7-16/h2-7,9,13H,8,10-11H2,1H3,(H,23,25)/t13-/m0/s1. The smallest absolute Gasteiger partial charge is 0.311 e. The van der Waals surface area contributed by atoms with Gasteiger partial charge in [-0.25, -0.2) is 0 Å². The number of amides is 2. The molecule has 2 aromatic rings. The molecule has 0 radical (unpaired) electrons. The lowest BCUT2D eigenvalue weighted by atomic mass is 10.1. The van der Waals surface area contributed by atoms with Crippen molar-refractivity contribution in [1.82, 2.24) is 0 Å². The monoisotopic (exact) mass is 420 g/mol. The fourth-order valence-electron chi connectivity index (χ4n) is 2.91. The van der Waals surface area contributed by atoms with Gasteiger partial charge in [0.25, 0.3) is 5.91 Å². The molecule has 0 spiro atoms. The van der Waals surface area contributed by atoms with Crippen LogP contribution < -0.4 is 10.2 Å². The SMILES string of the molecule is Cc1ccc(Cl)cc1NC(=O)COC(=O)[C@H]1CC(=O)N(c2ccc(Cl)cc2)C1. The fraction of sp³-hybridized carbons (Fsp3) is 0.250. The normalized spacial score (nSPS) is 16.2. The molecule has 2 aromatic carbocycles. The van der Waals surface area contributed by atoms with Gasteiger partial charge in [0.1, 0.15) is 0 Å². The first-order valence-corrected chi connectivity index (χ1v) is 9.37. The van der Waals surface area contributed by atoms with Crippen LogP contribution in [0.3, 0.4) is 0 Å². The number of benzene rings is 2. The zero-order chi connectivity index (χ0) is 20.3. The van der Waals surface area contributed by atoms with Crippen LogP contribution in [0, 0.1) is 12.8 Å². The highest BCUT2D eigenvalue weighted by Crippen LogP contribution is 2.27. The Morgan fingerprint density at radius 1 is 1.14 bits per heavy atom. The number of halogens is 2. The van der Waals surface area contributed by atoms with Gasteiger partial charge in [-0.1, -0.05) is 29.3 Å². The molecule has 1 heterocycles. The lowest BCUT2D eigenvalue weighted by molar-refractivity contribution is -0.151. The maximum absolute atomic E-state index is 12.3. The van der Waals surface area contributed by atoms with Crippen molar-refractivity contribution in [2.45, 2.75) is 13.3 Å². The number of ether oxygens (including phenoxy) is 1. The van der Waals surface area contributed by atoms with E-state index in [0.717, 1.165) is 5.56 Å². The predicted octanol–water partition coefficient (Wildman–Crippen LogP) is 3.84. The van der Waals surface area contributed by atoms with E-state index in [2.05, 4.69) is 5.32 Å². The summed E-state index contributed by atoms with van der Waals surface area (Å²) in [7, 11) is 0. The number of esters is 1. The molecule has 1 aliphatic rings. The summed E-state index contributed by atoms with van der Waals surface area (Å²) in [6, 6.07) is 11.9. The average Bonchev–Trinajstić information content (AvgIpc) is 3.05. The Kier molecular flexibility index (Phi) is 6.21. The number of nitrogens with zero attached hydrogens (tertiary/aromatic N) is 1. The molecule has 146 valence electrons. The topological polar surface area (TPSA) is 75.7 Å². The van der Waals surface area contributed by atoms with Gasteiger partial charge in [-0.3, -0.25) is 14.4 Å². The molecule has 0 aromatic heterocycles. The Balaban J connectivity index is 1.53. The molecule has 0 aliphatic carbocycles. The summed E-state index contributed by atoms with van der Waals surface area (Å²) in [4.78, 5) is 38.1. The summed E-state index contributed by atoms with van der Waals surface area (Å²) >= 11 is 11.8. The van der Waals surface area contributed by atoms with Gasteiger partial charge in [-0.05, 0) is 48.9 Å². The minimum Gasteiger partial charge on any atom is -0.455 e. The van der Waals surface area contributed by atoms with E-state index in [1.165, 1.54) is 4.90 Å². The van der Waals surface area contributed by atoms with Gasteiger partial charge in [0.15, 0.2) is 6.61 Å². The number of carbonyl (C=O) groups is 3. The third kappa shape index (κ3) is 4.82. The second-order valence-electron chi connectivity index (χ2n) is 6.50. The third-order valence-corrected chi connectivity index (χ3v) is 4.90. The molecule has 1 N–H and O–H groups in total. The van der Waals surface area contributed by atoms with Crippen LogP contribution in [0.2, 0.25) is 10.0 Å². The molecule has 1 aliphatic heterocycles. The molecule has 6 nitrogen and oxygen atoms in total. The van der Waals surface area contributed by atoms with Gasteiger partial charge >= 0.3 is 5.97 Å². The highest BCUT2D eigenvalue weighted by atomic mass is 35.5. The van der Waals surface area contributed by atoms with Gasteiger partial charge in [-0.2, -0.15) is 0 Å². The van der Waals surface area contributed by atoms with Crippen molar-refractivity contribution in [3.05, 3.63) is 58.1 Å². The van der Waals surface area contributed by atoms with Crippen LogP contribution in [0.25, 0.3) is 0 Å².